The molecule has 4 nitrogen and oxygen atoms in total. The first kappa shape index (κ1) is 12.7. The average molecular weight is 253 g/mol. The first-order chi connectivity index (χ1) is 8.57. The maximum atomic E-state index is 13.9. The molecule has 1 heterocycles. The van der Waals surface area contributed by atoms with Gasteiger partial charge in [-0.25, -0.2) is 9.18 Å². The van der Waals surface area contributed by atoms with Crippen LogP contribution in [0.2, 0.25) is 0 Å². The number of hydrogen-bond donors (Lipinski definition) is 1. The van der Waals surface area contributed by atoms with Gasteiger partial charge in [-0.15, -0.1) is 0 Å². The lowest BCUT2D eigenvalue weighted by Gasteiger charge is -2.35. The predicted octanol–water partition coefficient (Wildman–Crippen LogP) is 2.09. The molecule has 1 fully saturated rings. The van der Waals surface area contributed by atoms with Crippen LogP contribution in [0.5, 0.6) is 5.75 Å². The standard InChI is InChI=1S/C13H16FNO3/c1-18-11-5-3-2-4-10(11)15-8-6-13(14,7-9-15)12(16)17/h2-5H,6-9H2,1H3,(H,16,17). The summed E-state index contributed by atoms with van der Waals surface area (Å²) in [5.74, 6) is -0.638. The van der Waals surface area contributed by atoms with E-state index in [1.165, 1.54) is 0 Å². The third-order valence-electron chi connectivity index (χ3n) is 3.37. The number of methoxy groups -OCH3 is 1. The van der Waals surface area contributed by atoms with E-state index in [2.05, 4.69) is 0 Å². The van der Waals surface area contributed by atoms with E-state index in [4.69, 9.17) is 9.84 Å². The van der Waals surface area contributed by atoms with Gasteiger partial charge in [0, 0.05) is 25.9 Å². The fraction of sp³-hybridized carbons (Fsp3) is 0.462. The molecular weight excluding hydrogens is 237 g/mol. The molecule has 2 rings (SSSR count). The molecule has 1 N–H and O–H groups in total. The van der Waals surface area contributed by atoms with Crippen LogP contribution < -0.4 is 9.64 Å². The molecule has 0 unspecified atom stereocenters. The molecule has 0 amide bonds. The molecule has 98 valence electrons. The Labute approximate surface area is 105 Å². The molecule has 0 bridgehead atoms. The summed E-state index contributed by atoms with van der Waals surface area (Å²) in [6.45, 7) is 0.756. The second kappa shape index (κ2) is 4.84. The number of hydrogen-bond acceptors (Lipinski definition) is 3. The normalized spacial score (nSPS) is 18.4. The number of carboxylic acid groups (broad SMARTS) is 1. The summed E-state index contributed by atoms with van der Waals surface area (Å²) in [6, 6.07) is 7.48. The molecule has 1 aliphatic rings. The van der Waals surface area contributed by atoms with Gasteiger partial charge in [0.2, 0.25) is 5.67 Å². The van der Waals surface area contributed by atoms with Crippen LogP contribution in [-0.4, -0.2) is 36.9 Å². The Morgan fingerprint density at radius 1 is 1.39 bits per heavy atom. The number of benzene rings is 1. The van der Waals surface area contributed by atoms with E-state index in [-0.39, 0.29) is 12.8 Å². The number of aliphatic carboxylic acids is 1. The minimum atomic E-state index is -2.08. The highest BCUT2D eigenvalue weighted by molar-refractivity contribution is 5.78. The zero-order valence-electron chi connectivity index (χ0n) is 10.2. The van der Waals surface area contributed by atoms with E-state index < -0.39 is 11.6 Å². The van der Waals surface area contributed by atoms with Gasteiger partial charge < -0.3 is 14.7 Å². The van der Waals surface area contributed by atoms with Gasteiger partial charge in [-0.05, 0) is 12.1 Å². The average Bonchev–Trinajstić information content (AvgIpc) is 2.39. The monoisotopic (exact) mass is 253 g/mol. The largest absolute Gasteiger partial charge is 0.495 e. The fourth-order valence-corrected chi connectivity index (χ4v) is 2.21. The van der Waals surface area contributed by atoms with Gasteiger partial charge in [-0.2, -0.15) is 0 Å². The number of piperidine rings is 1. The Hall–Kier alpha value is -1.78. The number of halogens is 1. The van der Waals surface area contributed by atoms with Gasteiger partial charge in [0.15, 0.2) is 0 Å². The second-order valence-electron chi connectivity index (χ2n) is 4.43. The highest BCUT2D eigenvalue weighted by Gasteiger charge is 2.42. The third-order valence-corrected chi connectivity index (χ3v) is 3.37. The fourth-order valence-electron chi connectivity index (χ4n) is 2.21. The van der Waals surface area contributed by atoms with Crippen molar-refractivity contribution in [1.29, 1.82) is 0 Å². The van der Waals surface area contributed by atoms with Crippen molar-refractivity contribution in [3.8, 4) is 5.75 Å². The van der Waals surface area contributed by atoms with E-state index in [0.29, 0.717) is 13.1 Å². The first-order valence-electron chi connectivity index (χ1n) is 5.87. The topological polar surface area (TPSA) is 49.8 Å². The van der Waals surface area contributed by atoms with E-state index in [1.807, 2.05) is 29.2 Å². The molecule has 1 aromatic rings. The van der Waals surface area contributed by atoms with Crippen molar-refractivity contribution in [3.05, 3.63) is 24.3 Å². The van der Waals surface area contributed by atoms with Crippen molar-refractivity contribution in [2.24, 2.45) is 0 Å². The van der Waals surface area contributed by atoms with Crippen LogP contribution in [0.25, 0.3) is 0 Å². The smallest absolute Gasteiger partial charge is 0.341 e. The number of carbonyl (C=O) groups is 1. The van der Waals surface area contributed by atoms with Crippen LogP contribution in [0.3, 0.4) is 0 Å². The molecule has 0 saturated carbocycles. The van der Waals surface area contributed by atoms with E-state index in [9.17, 15) is 9.18 Å². The lowest BCUT2D eigenvalue weighted by Crippen LogP contribution is -2.46. The van der Waals surface area contributed by atoms with Gasteiger partial charge in [0.25, 0.3) is 0 Å². The van der Waals surface area contributed by atoms with Crippen LogP contribution in [0.1, 0.15) is 12.8 Å². The number of carboxylic acids is 1. The maximum absolute atomic E-state index is 13.9. The number of ether oxygens (including phenoxy) is 1. The van der Waals surface area contributed by atoms with Crippen molar-refractivity contribution in [1.82, 2.24) is 0 Å². The molecule has 18 heavy (non-hydrogen) atoms. The summed E-state index contributed by atoms with van der Waals surface area (Å²) in [5, 5.41) is 8.84. The first-order valence-corrected chi connectivity index (χ1v) is 5.87. The minimum Gasteiger partial charge on any atom is -0.495 e. The summed E-state index contributed by atoms with van der Waals surface area (Å²) in [6.07, 6.45) is 0.000758. The number of anilines is 1. The zero-order valence-corrected chi connectivity index (χ0v) is 10.2. The quantitative estimate of drug-likeness (QED) is 0.896. The molecule has 1 aliphatic heterocycles. The number of para-hydroxylation sites is 2. The van der Waals surface area contributed by atoms with E-state index in [0.717, 1.165) is 11.4 Å². The van der Waals surface area contributed by atoms with Crippen LogP contribution in [0.15, 0.2) is 24.3 Å². The van der Waals surface area contributed by atoms with Crippen molar-refractivity contribution < 1.29 is 19.0 Å². The molecule has 0 aromatic heterocycles. The summed E-state index contributed by atoms with van der Waals surface area (Å²) in [7, 11) is 1.58. The zero-order chi connectivity index (χ0) is 13.2. The number of nitrogens with zero attached hydrogens (tertiary/aromatic N) is 1. The molecule has 0 aliphatic carbocycles. The summed E-state index contributed by atoms with van der Waals surface area (Å²) >= 11 is 0. The van der Waals surface area contributed by atoms with E-state index >= 15 is 0 Å². The molecule has 0 radical (unpaired) electrons. The van der Waals surface area contributed by atoms with Crippen LogP contribution in [0, 0.1) is 0 Å². The van der Waals surface area contributed by atoms with Gasteiger partial charge in [0.05, 0.1) is 12.8 Å². The minimum absolute atomic E-state index is 0.000379. The molecular formula is C13H16FNO3. The molecule has 0 atom stereocenters. The maximum Gasteiger partial charge on any atom is 0.341 e. The van der Waals surface area contributed by atoms with Crippen molar-refractivity contribution in [3.63, 3.8) is 0 Å². The van der Waals surface area contributed by atoms with Gasteiger partial charge >= 0.3 is 5.97 Å². The number of rotatable bonds is 3. The highest BCUT2D eigenvalue weighted by atomic mass is 19.1. The van der Waals surface area contributed by atoms with Gasteiger partial charge in [-0.3, -0.25) is 0 Å². The van der Waals surface area contributed by atoms with Gasteiger partial charge in [0.1, 0.15) is 5.75 Å². The number of alkyl halides is 1. The van der Waals surface area contributed by atoms with Crippen molar-refractivity contribution in [2.75, 3.05) is 25.1 Å². The Bertz CT molecular complexity index is 442. The van der Waals surface area contributed by atoms with Crippen molar-refractivity contribution >= 4 is 11.7 Å². The van der Waals surface area contributed by atoms with E-state index in [1.54, 1.807) is 7.11 Å². The predicted molar refractivity (Wildman–Crippen MR) is 65.9 cm³/mol. The summed E-state index contributed by atoms with van der Waals surface area (Å²) in [4.78, 5) is 12.8. The lowest BCUT2D eigenvalue weighted by molar-refractivity contribution is -0.152. The lowest BCUT2D eigenvalue weighted by atomic mass is 9.93. The van der Waals surface area contributed by atoms with Crippen LogP contribution in [0.4, 0.5) is 10.1 Å². The molecule has 1 aromatic carbocycles. The van der Waals surface area contributed by atoms with Crippen LogP contribution in [-0.2, 0) is 4.79 Å². The van der Waals surface area contributed by atoms with Crippen molar-refractivity contribution in [2.45, 2.75) is 18.5 Å². The Morgan fingerprint density at radius 3 is 2.56 bits per heavy atom. The molecule has 5 heteroatoms. The second-order valence-corrected chi connectivity index (χ2v) is 4.43. The summed E-state index contributed by atoms with van der Waals surface area (Å²) in [5.41, 5.74) is -1.20. The third kappa shape index (κ3) is 2.25. The highest BCUT2D eigenvalue weighted by Crippen LogP contribution is 2.34. The Kier molecular flexibility index (Phi) is 3.41. The summed E-state index contributed by atoms with van der Waals surface area (Å²) < 4.78 is 19.2. The Morgan fingerprint density at radius 2 is 2.00 bits per heavy atom. The van der Waals surface area contributed by atoms with Gasteiger partial charge in [-0.1, -0.05) is 12.1 Å². The SMILES string of the molecule is COc1ccccc1N1CCC(F)(C(=O)O)CC1. The van der Waals surface area contributed by atoms with Crippen LogP contribution >= 0.6 is 0 Å². The molecule has 1 saturated heterocycles. The Balaban J connectivity index is 2.12. The molecule has 0 spiro atoms.